The first-order chi connectivity index (χ1) is 10.5. The summed E-state index contributed by atoms with van der Waals surface area (Å²) < 4.78 is 4.95. The average Bonchev–Trinajstić information content (AvgIpc) is 2.55. The van der Waals surface area contributed by atoms with Crippen molar-refractivity contribution >= 4 is 23.2 Å². The zero-order chi connectivity index (χ0) is 16.2. The number of nitrogens with one attached hydrogen (secondary N) is 1. The van der Waals surface area contributed by atoms with Crippen LogP contribution in [0.2, 0.25) is 5.02 Å². The zero-order valence-corrected chi connectivity index (χ0v) is 12.9. The van der Waals surface area contributed by atoms with Crippen LogP contribution in [0, 0.1) is 11.3 Å². The maximum absolute atomic E-state index is 12.5. The number of anilines is 1. The van der Waals surface area contributed by atoms with Gasteiger partial charge in [-0.3, -0.25) is 4.79 Å². The fourth-order valence-electron chi connectivity index (χ4n) is 1.86. The summed E-state index contributed by atoms with van der Waals surface area (Å²) in [7, 11) is 1.51. The first-order valence-electron chi connectivity index (χ1n) is 6.48. The van der Waals surface area contributed by atoms with E-state index in [2.05, 4.69) is 16.4 Å². The standard InChI is InChI=1S/C16H14ClN3O2/c1-16(10-18,11-3-5-12(17)6-4-11)15(21)20-13-7-8-14(22-2)19-9-13/h3-9H,1-2H3,(H,20,21)/t16-/m0/s1. The molecule has 0 bridgehead atoms. The minimum Gasteiger partial charge on any atom is -0.481 e. The molecule has 0 aliphatic rings. The van der Waals surface area contributed by atoms with E-state index in [-0.39, 0.29) is 0 Å². The van der Waals surface area contributed by atoms with Crippen LogP contribution in [0.15, 0.2) is 42.6 Å². The van der Waals surface area contributed by atoms with Crippen LogP contribution in [0.3, 0.4) is 0 Å². The van der Waals surface area contributed by atoms with Crippen molar-refractivity contribution in [3.63, 3.8) is 0 Å². The average molecular weight is 316 g/mol. The number of hydrogen-bond donors (Lipinski definition) is 1. The minimum atomic E-state index is -1.33. The number of benzene rings is 1. The summed E-state index contributed by atoms with van der Waals surface area (Å²) in [6, 6.07) is 12.0. The Bertz CT molecular complexity index is 708. The van der Waals surface area contributed by atoms with E-state index >= 15 is 0 Å². The molecule has 0 spiro atoms. The number of aromatic nitrogens is 1. The van der Waals surface area contributed by atoms with Crippen molar-refractivity contribution in [3.8, 4) is 11.9 Å². The van der Waals surface area contributed by atoms with E-state index in [4.69, 9.17) is 16.3 Å². The van der Waals surface area contributed by atoms with Gasteiger partial charge in [0.25, 0.3) is 0 Å². The van der Waals surface area contributed by atoms with E-state index in [0.717, 1.165) is 0 Å². The quantitative estimate of drug-likeness (QED) is 0.940. The number of ether oxygens (including phenoxy) is 1. The molecule has 0 aliphatic carbocycles. The third-order valence-corrected chi connectivity index (χ3v) is 3.55. The number of hydrogen-bond acceptors (Lipinski definition) is 4. The van der Waals surface area contributed by atoms with Gasteiger partial charge in [0.2, 0.25) is 11.8 Å². The van der Waals surface area contributed by atoms with Crippen molar-refractivity contribution in [2.24, 2.45) is 0 Å². The molecule has 0 fully saturated rings. The van der Waals surface area contributed by atoms with Crippen molar-refractivity contribution in [2.45, 2.75) is 12.3 Å². The van der Waals surface area contributed by atoms with E-state index in [1.165, 1.54) is 13.3 Å². The molecule has 112 valence electrons. The Hall–Kier alpha value is -2.58. The first-order valence-corrected chi connectivity index (χ1v) is 6.86. The summed E-state index contributed by atoms with van der Waals surface area (Å²) >= 11 is 5.84. The van der Waals surface area contributed by atoms with Gasteiger partial charge in [-0.15, -0.1) is 0 Å². The molecule has 2 rings (SSSR count). The molecule has 1 N–H and O–H groups in total. The Morgan fingerprint density at radius 2 is 2.00 bits per heavy atom. The number of methoxy groups -OCH3 is 1. The SMILES string of the molecule is COc1ccc(NC(=O)[C@@](C)(C#N)c2ccc(Cl)cc2)cn1. The Morgan fingerprint density at radius 3 is 2.50 bits per heavy atom. The van der Waals surface area contributed by atoms with Crippen LogP contribution in [0.4, 0.5) is 5.69 Å². The summed E-state index contributed by atoms with van der Waals surface area (Å²) in [5, 5.41) is 12.7. The molecule has 0 radical (unpaired) electrons. The number of amides is 1. The molecular weight excluding hydrogens is 302 g/mol. The Labute approximate surface area is 133 Å². The number of pyridine rings is 1. The van der Waals surface area contributed by atoms with Crippen LogP contribution in [0.5, 0.6) is 5.88 Å². The summed E-state index contributed by atoms with van der Waals surface area (Å²) in [4.78, 5) is 16.5. The lowest BCUT2D eigenvalue weighted by Crippen LogP contribution is -2.36. The van der Waals surface area contributed by atoms with Crippen LogP contribution in [-0.4, -0.2) is 18.0 Å². The lowest BCUT2D eigenvalue weighted by Gasteiger charge is -2.21. The molecule has 0 unspecified atom stereocenters. The van der Waals surface area contributed by atoms with Gasteiger partial charge in [0.05, 0.1) is 25.1 Å². The molecule has 0 saturated carbocycles. The predicted molar refractivity (Wildman–Crippen MR) is 83.8 cm³/mol. The lowest BCUT2D eigenvalue weighted by molar-refractivity contribution is -0.119. The molecule has 1 aromatic heterocycles. The van der Waals surface area contributed by atoms with Crippen molar-refractivity contribution in [1.29, 1.82) is 5.26 Å². The molecule has 0 aliphatic heterocycles. The third-order valence-electron chi connectivity index (χ3n) is 3.30. The van der Waals surface area contributed by atoms with Crippen molar-refractivity contribution in [2.75, 3.05) is 12.4 Å². The van der Waals surface area contributed by atoms with Gasteiger partial charge in [-0.2, -0.15) is 5.26 Å². The fraction of sp³-hybridized carbons (Fsp3) is 0.188. The van der Waals surface area contributed by atoms with Gasteiger partial charge in [0.15, 0.2) is 5.41 Å². The molecule has 6 heteroatoms. The van der Waals surface area contributed by atoms with Gasteiger partial charge >= 0.3 is 0 Å². The molecule has 1 aromatic carbocycles. The van der Waals surface area contributed by atoms with Crippen LogP contribution in [0.1, 0.15) is 12.5 Å². The highest BCUT2D eigenvalue weighted by atomic mass is 35.5. The summed E-state index contributed by atoms with van der Waals surface area (Å²) in [6.45, 7) is 1.56. The van der Waals surface area contributed by atoms with Crippen LogP contribution < -0.4 is 10.1 Å². The summed E-state index contributed by atoms with van der Waals surface area (Å²) in [5.74, 6) is 0.00281. The number of carbonyl (C=O) groups excluding carboxylic acids is 1. The number of nitriles is 1. The second kappa shape index (κ2) is 6.46. The van der Waals surface area contributed by atoms with E-state index in [0.29, 0.717) is 22.2 Å². The Morgan fingerprint density at radius 1 is 1.32 bits per heavy atom. The van der Waals surface area contributed by atoms with Crippen LogP contribution in [-0.2, 0) is 10.2 Å². The molecule has 2 aromatic rings. The normalized spacial score (nSPS) is 12.8. The van der Waals surface area contributed by atoms with Gasteiger partial charge in [-0.05, 0) is 30.7 Å². The maximum atomic E-state index is 12.5. The molecule has 1 atom stereocenters. The topological polar surface area (TPSA) is 75.0 Å². The van der Waals surface area contributed by atoms with Gasteiger partial charge in [0.1, 0.15) is 0 Å². The summed E-state index contributed by atoms with van der Waals surface area (Å²) in [6.07, 6.45) is 1.47. The second-order valence-corrected chi connectivity index (χ2v) is 5.22. The van der Waals surface area contributed by atoms with E-state index in [9.17, 15) is 10.1 Å². The van der Waals surface area contributed by atoms with Crippen LogP contribution >= 0.6 is 11.6 Å². The monoisotopic (exact) mass is 315 g/mol. The van der Waals surface area contributed by atoms with Crippen molar-refractivity contribution < 1.29 is 9.53 Å². The van der Waals surface area contributed by atoms with Crippen molar-refractivity contribution in [3.05, 3.63) is 53.2 Å². The first kappa shape index (κ1) is 15.8. The fourth-order valence-corrected chi connectivity index (χ4v) is 1.99. The Kier molecular flexibility index (Phi) is 4.64. The van der Waals surface area contributed by atoms with Gasteiger partial charge in [-0.25, -0.2) is 4.98 Å². The van der Waals surface area contributed by atoms with E-state index < -0.39 is 11.3 Å². The van der Waals surface area contributed by atoms with Crippen molar-refractivity contribution in [1.82, 2.24) is 4.98 Å². The number of halogens is 1. The molecule has 1 amide bonds. The van der Waals surface area contributed by atoms with Crippen LogP contribution in [0.25, 0.3) is 0 Å². The molecule has 22 heavy (non-hydrogen) atoms. The second-order valence-electron chi connectivity index (χ2n) is 4.79. The van der Waals surface area contributed by atoms with E-state index in [1.54, 1.807) is 43.3 Å². The Balaban J connectivity index is 2.24. The highest BCUT2D eigenvalue weighted by Gasteiger charge is 2.35. The zero-order valence-electron chi connectivity index (χ0n) is 12.1. The molecular formula is C16H14ClN3O2. The highest BCUT2D eigenvalue weighted by molar-refractivity contribution is 6.30. The molecule has 5 nitrogen and oxygen atoms in total. The smallest absolute Gasteiger partial charge is 0.249 e. The predicted octanol–water partition coefficient (Wildman–Crippen LogP) is 3.16. The number of carbonyl (C=O) groups is 1. The molecule has 1 heterocycles. The summed E-state index contributed by atoms with van der Waals surface area (Å²) in [5.41, 5.74) is -0.274. The maximum Gasteiger partial charge on any atom is 0.249 e. The minimum absolute atomic E-state index is 0.440. The molecule has 0 saturated heterocycles. The van der Waals surface area contributed by atoms with Gasteiger partial charge in [0, 0.05) is 11.1 Å². The lowest BCUT2D eigenvalue weighted by atomic mass is 9.83. The van der Waals surface area contributed by atoms with Gasteiger partial charge < -0.3 is 10.1 Å². The third kappa shape index (κ3) is 3.18. The van der Waals surface area contributed by atoms with E-state index in [1.807, 2.05) is 0 Å². The highest BCUT2D eigenvalue weighted by Crippen LogP contribution is 2.26. The number of rotatable bonds is 4. The largest absolute Gasteiger partial charge is 0.481 e. The van der Waals surface area contributed by atoms with Gasteiger partial charge in [-0.1, -0.05) is 23.7 Å². The number of nitrogens with zero attached hydrogens (tertiary/aromatic N) is 2.